The lowest BCUT2D eigenvalue weighted by atomic mass is 10.0. The summed E-state index contributed by atoms with van der Waals surface area (Å²) in [4.78, 5) is 13.2. The third-order valence-electron chi connectivity index (χ3n) is 5.13. The molecule has 0 fully saturated rings. The molecule has 4 rings (SSSR count). The summed E-state index contributed by atoms with van der Waals surface area (Å²) >= 11 is 18.3. The fourth-order valence-electron chi connectivity index (χ4n) is 3.34. The fraction of sp³-hybridized carbons (Fsp3) is 0. The third-order valence-corrected chi connectivity index (χ3v) is 7.41. The topological polar surface area (TPSA) is 75.3 Å². The predicted octanol–water partition coefficient (Wildman–Crippen LogP) is 7.63. The van der Waals surface area contributed by atoms with Crippen molar-refractivity contribution in [2.75, 3.05) is 10.0 Å². The number of benzene rings is 4. The van der Waals surface area contributed by atoms with Gasteiger partial charge in [0.15, 0.2) is 0 Å². The molecule has 1 amide bonds. The van der Waals surface area contributed by atoms with E-state index in [4.69, 9.17) is 34.8 Å². The normalized spacial score (nSPS) is 11.7. The van der Waals surface area contributed by atoms with Crippen LogP contribution in [0.5, 0.6) is 0 Å². The van der Waals surface area contributed by atoms with Crippen molar-refractivity contribution in [3.05, 3.63) is 123 Å². The molecule has 0 aromatic heterocycles. The van der Waals surface area contributed by atoms with E-state index in [9.17, 15) is 13.2 Å². The summed E-state index contributed by atoms with van der Waals surface area (Å²) in [5, 5.41) is 3.90. The number of carbonyl (C=O) groups excluding carboxylic acids is 1. The smallest absolute Gasteiger partial charge is 0.261 e. The lowest BCUT2D eigenvalue weighted by Gasteiger charge is -2.12. The summed E-state index contributed by atoms with van der Waals surface area (Å²) in [6.45, 7) is 0. The summed E-state index contributed by atoms with van der Waals surface area (Å²) in [6, 6.07) is 26.6. The van der Waals surface area contributed by atoms with E-state index in [1.54, 1.807) is 12.1 Å². The highest BCUT2D eigenvalue weighted by atomic mass is 35.5. The Hall–Kier alpha value is -3.29. The molecule has 0 spiro atoms. The van der Waals surface area contributed by atoms with Gasteiger partial charge in [-0.15, -0.1) is 0 Å². The minimum Gasteiger partial charge on any atom is -0.322 e. The van der Waals surface area contributed by atoms with E-state index in [2.05, 4.69) is 10.0 Å². The van der Waals surface area contributed by atoms with Crippen LogP contribution in [0.2, 0.25) is 15.1 Å². The molecule has 36 heavy (non-hydrogen) atoms. The molecule has 0 atom stereocenters. The summed E-state index contributed by atoms with van der Waals surface area (Å²) in [5.41, 5.74) is 2.43. The van der Waals surface area contributed by atoms with E-state index in [1.807, 2.05) is 48.5 Å². The maximum atomic E-state index is 13.2. The molecule has 182 valence electrons. The van der Waals surface area contributed by atoms with E-state index < -0.39 is 10.0 Å². The maximum Gasteiger partial charge on any atom is 0.261 e. The van der Waals surface area contributed by atoms with Crippen LogP contribution in [0.15, 0.2) is 102 Å². The Balaban J connectivity index is 1.57. The van der Waals surface area contributed by atoms with Crippen molar-refractivity contribution in [2.24, 2.45) is 0 Å². The van der Waals surface area contributed by atoms with Gasteiger partial charge < -0.3 is 5.32 Å². The zero-order chi connectivity index (χ0) is 25.7. The van der Waals surface area contributed by atoms with Crippen LogP contribution in [0.25, 0.3) is 11.6 Å². The Labute approximate surface area is 224 Å². The second kappa shape index (κ2) is 11.2. The first-order valence-electron chi connectivity index (χ1n) is 10.6. The van der Waals surface area contributed by atoms with Gasteiger partial charge in [-0.3, -0.25) is 9.52 Å². The number of hydrogen-bond acceptors (Lipinski definition) is 3. The lowest BCUT2D eigenvalue weighted by molar-refractivity contribution is -0.111. The molecule has 4 aromatic carbocycles. The summed E-state index contributed by atoms with van der Waals surface area (Å²) in [7, 11) is -3.91. The van der Waals surface area contributed by atoms with Crippen molar-refractivity contribution in [1.29, 1.82) is 0 Å². The first-order chi connectivity index (χ1) is 17.2. The van der Waals surface area contributed by atoms with Gasteiger partial charge in [-0.25, -0.2) is 8.42 Å². The molecular weight excluding hydrogens is 539 g/mol. The van der Waals surface area contributed by atoms with Gasteiger partial charge in [0.1, 0.15) is 0 Å². The molecule has 0 aliphatic carbocycles. The number of amides is 1. The number of rotatable bonds is 7. The zero-order valence-corrected chi connectivity index (χ0v) is 21.7. The van der Waals surface area contributed by atoms with Crippen molar-refractivity contribution >= 4 is 73.8 Å². The van der Waals surface area contributed by atoms with E-state index in [-0.39, 0.29) is 21.5 Å². The van der Waals surface area contributed by atoms with Crippen LogP contribution >= 0.6 is 34.8 Å². The first-order valence-corrected chi connectivity index (χ1v) is 13.3. The molecule has 0 aliphatic heterocycles. The maximum absolute atomic E-state index is 13.2. The van der Waals surface area contributed by atoms with Crippen LogP contribution in [0.4, 0.5) is 11.4 Å². The molecule has 0 unspecified atom stereocenters. The van der Waals surface area contributed by atoms with Crippen LogP contribution in [0, 0.1) is 0 Å². The van der Waals surface area contributed by atoms with Crippen LogP contribution < -0.4 is 10.0 Å². The average Bonchev–Trinajstić information content (AvgIpc) is 2.86. The highest BCUT2D eigenvalue weighted by Gasteiger charge is 2.17. The van der Waals surface area contributed by atoms with E-state index in [1.165, 1.54) is 42.5 Å². The Morgan fingerprint density at radius 2 is 1.42 bits per heavy atom. The second-order valence-corrected chi connectivity index (χ2v) is 10.6. The van der Waals surface area contributed by atoms with Gasteiger partial charge in [0, 0.05) is 21.3 Å². The first kappa shape index (κ1) is 25.8. The van der Waals surface area contributed by atoms with E-state index in [0.29, 0.717) is 32.4 Å². The highest BCUT2D eigenvalue weighted by molar-refractivity contribution is 7.92. The van der Waals surface area contributed by atoms with Crippen LogP contribution in [0.3, 0.4) is 0 Å². The number of halogens is 3. The van der Waals surface area contributed by atoms with Gasteiger partial charge in [-0.05, 0) is 65.7 Å². The average molecular weight is 558 g/mol. The minimum absolute atomic E-state index is 0.00130. The molecule has 0 bridgehead atoms. The summed E-state index contributed by atoms with van der Waals surface area (Å²) in [5.74, 6) is -0.372. The molecule has 0 saturated heterocycles. The Kier molecular flexibility index (Phi) is 8.01. The predicted molar refractivity (Wildman–Crippen MR) is 148 cm³/mol. The van der Waals surface area contributed by atoms with Crippen molar-refractivity contribution in [2.45, 2.75) is 4.90 Å². The van der Waals surface area contributed by atoms with Gasteiger partial charge in [0.25, 0.3) is 15.9 Å². The lowest BCUT2D eigenvalue weighted by Crippen LogP contribution is -2.15. The van der Waals surface area contributed by atoms with Crippen molar-refractivity contribution in [3.8, 4) is 0 Å². The molecular formula is C27H19Cl3N2O3S. The number of hydrogen-bond donors (Lipinski definition) is 2. The molecule has 0 aliphatic rings. The van der Waals surface area contributed by atoms with E-state index in [0.717, 1.165) is 0 Å². The van der Waals surface area contributed by atoms with Crippen LogP contribution in [0.1, 0.15) is 11.1 Å². The molecule has 2 N–H and O–H groups in total. The van der Waals surface area contributed by atoms with E-state index >= 15 is 0 Å². The highest BCUT2D eigenvalue weighted by Crippen LogP contribution is 2.28. The number of sulfonamides is 1. The summed E-state index contributed by atoms with van der Waals surface area (Å²) in [6.07, 6.45) is 1.71. The Morgan fingerprint density at radius 1 is 0.750 bits per heavy atom. The fourth-order valence-corrected chi connectivity index (χ4v) is 5.12. The molecule has 5 nitrogen and oxygen atoms in total. The standard InChI is InChI=1S/C27H19Cl3N2O3S/c28-20-10-15-26(25(30)17-20)32-36(34,35)22-13-11-21(12-14-22)31-27(33)23(18-6-2-1-3-7-18)16-19-8-4-5-9-24(19)29/h1-17,32H,(H,31,33)/b23-16+. The molecule has 9 heteroatoms. The van der Waals surface area contributed by atoms with Gasteiger partial charge >= 0.3 is 0 Å². The number of anilines is 2. The van der Waals surface area contributed by atoms with Crippen molar-refractivity contribution in [3.63, 3.8) is 0 Å². The van der Waals surface area contributed by atoms with Crippen LogP contribution in [-0.2, 0) is 14.8 Å². The SMILES string of the molecule is O=C(Nc1ccc(S(=O)(=O)Nc2ccc(Cl)cc2Cl)cc1)/C(=C/c1ccccc1Cl)c1ccccc1. The van der Waals surface area contributed by atoms with Gasteiger partial charge in [-0.1, -0.05) is 83.3 Å². The Morgan fingerprint density at radius 3 is 2.08 bits per heavy atom. The largest absolute Gasteiger partial charge is 0.322 e. The molecule has 4 aromatic rings. The quantitative estimate of drug-likeness (QED) is 0.181. The Bertz CT molecular complexity index is 1540. The molecule has 0 radical (unpaired) electrons. The number of carbonyl (C=O) groups is 1. The number of nitrogens with one attached hydrogen (secondary N) is 2. The van der Waals surface area contributed by atoms with Crippen LogP contribution in [-0.4, -0.2) is 14.3 Å². The van der Waals surface area contributed by atoms with Gasteiger partial charge in [0.05, 0.1) is 15.6 Å². The van der Waals surface area contributed by atoms with Crippen molar-refractivity contribution < 1.29 is 13.2 Å². The second-order valence-electron chi connectivity index (χ2n) is 7.65. The molecule has 0 saturated carbocycles. The monoisotopic (exact) mass is 556 g/mol. The van der Waals surface area contributed by atoms with Gasteiger partial charge in [0.2, 0.25) is 0 Å². The van der Waals surface area contributed by atoms with Gasteiger partial charge in [-0.2, -0.15) is 0 Å². The van der Waals surface area contributed by atoms with Crippen molar-refractivity contribution in [1.82, 2.24) is 0 Å². The minimum atomic E-state index is -3.91. The summed E-state index contributed by atoms with van der Waals surface area (Å²) < 4.78 is 28.0. The molecule has 0 heterocycles. The zero-order valence-electron chi connectivity index (χ0n) is 18.6. The third kappa shape index (κ3) is 6.28.